The molecule has 2 aromatic heterocycles. The van der Waals surface area contributed by atoms with Crippen molar-refractivity contribution < 1.29 is 4.42 Å². The average Bonchev–Trinajstić information content (AvgIpc) is 3.05. The van der Waals surface area contributed by atoms with Crippen LogP contribution >= 0.6 is 11.3 Å². The number of nitrogens with zero attached hydrogens (tertiary/aromatic N) is 1. The van der Waals surface area contributed by atoms with Crippen LogP contribution in [0.3, 0.4) is 0 Å². The highest BCUT2D eigenvalue weighted by Crippen LogP contribution is 2.33. The molecule has 3 aromatic carbocycles. The normalized spacial score (nSPS) is 11.5. The van der Waals surface area contributed by atoms with Gasteiger partial charge >= 0.3 is 5.63 Å². The maximum atomic E-state index is 12.4. The summed E-state index contributed by atoms with van der Waals surface area (Å²) in [4.78, 5) is 17.1. The SMILES string of the molecule is O=c1oc2ccccc2cc1-c1nc2c(ccc3ccccc32)s1. The number of fused-ring (bicyclic) bond motifs is 4. The fourth-order valence-corrected chi connectivity index (χ4v) is 3.97. The van der Waals surface area contributed by atoms with E-state index in [1.54, 1.807) is 6.07 Å². The van der Waals surface area contributed by atoms with E-state index >= 15 is 0 Å². The molecule has 0 aliphatic carbocycles. The highest BCUT2D eigenvalue weighted by molar-refractivity contribution is 7.21. The van der Waals surface area contributed by atoms with Gasteiger partial charge in [0.15, 0.2) is 0 Å². The summed E-state index contributed by atoms with van der Waals surface area (Å²) in [5.74, 6) is 0. The van der Waals surface area contributed by atoms with Gasteiger partial charge in [0, 0.05) is 10.8 Å². The van der Waals surface area contributed by atoms with Crippen LogP contribution in [-0.2, 0) is 0 Å². The molecule has 0 aliphatic heterocycles. The summed E-state index contributed by atoms with van der Waals surface area (Å²) in [7, 11) is 0. The van der Waals surface area contributed by atoms with Crippen molar-refractivity contribution in [1.29, 1.82) is 0 Å². The fraction of sp³-hybridized carbons (Fsp3) is 0. The van der Waals surface area contributed by atoms with Gasteiger partial charge in [0.25, 0.3) is 0 Å². The molecule has 0 saturated heterocycles. The van der Waals surface area contributed by atoms with Gasteiger partial charge in [-0.15, -0.1) is 11.3 Å². The third-order valence-electron chi connectivity index (χ3n) is 4.16. The molecule has 5 aromatic rings. The van der Waals surface area contributed by atoms with Crippen LogP contribution in [0.5, 0.6) is 0 Å². The Morgan fingerprint density at radius 1 is 0.875 bits per heavy atom. The first-order chi connectivity index (χ1) is 11.8. The first-order valence-electron chi connectivity index (χ1n) is 7.61. The average molecular weight is 329 g/mol. The lowest BCUT2D eigenvalue weighted by Gasteiger charge is -1.98. The van der Waals surface area contributed by atoms with E-state index in [0.717, 1.165) is 26.4 Å². The molecule has 24 heavy (non-hydrogen) atoms. The van der Waals surface area contributed by atoms with Crippen LogP contribution < -0.4 is 5.63 Å². The van der Waals surface area contributed by atoms with Crippen molar-refractivity contribution in [1.82, 2.24) is 4.98 Å². The van der Waals surface area contributed by atoms with Crippen LogP contribution in [-0.4, -0.2) is 4.98 Å². The summed E-state index contributed by atoms with van der Waals surface area (Å²) < 4.78 is 6.51. The molecular weight excluding hydrogens is 318 g/mol. The summed E-state index contributed by atoms with van der Waals surface area (Å²) in [6, 6.07) is 21.7. The number of hydrogen-bond donors (Lipinski definition) is 0. The first kappa shape index (κ1) is 13.5. The highest BCUT2D eigenvalue weighted by atomic mass is 32.1. The zero-order valence-electron chi connectivity index (χ0n) is 12.5. The zero-order chi connectivity index (χ0) is 16.1. The Morgan fingerprint density at radius 2 is 1.67 bits per heavy atom. The molecule has 0 spiro atoms. The van der Waals surface area contributed by atoms with E-state index < -0.39 is 0 Å². The topological polar surface area (TPSA) is 43.1 Å². The Kier molecular flexibility index (Phi) is 2.81. The molecule has 0 bridgehead atoms. The summed E-state index contributed by atoms with van der Waals surface area (Å²) in [5.41, 5.74) is 1.69. The molecule has 0 radical (unpaired) electrons. The van der Waals surface area contributed by atoms with E-state index in [2.05, 4.69) is 24.3 Å². The molecule has 5 rings (SSSR count). The van der Waals surface area contributed by atoms with Gasteiger partial charge in [-0.05, 0) is 23.6 Å². The largest absolute Gasteiger partial charge is 0.422 e. The van der Waals surface area contributed by atoms with Gasteiger partial charge in [-0.3, -0.25) is 0 Å². The molecule has 0 N–H and O–H groups in total. The van der Waals surface area contributed by atoms with E-state index in [0.29, 0.717) is 16.2 Å². The molecule has 2 heterocycles. The van der Waals surface area contributed by atoms with Gasteiger partial charge in [0.05, 0.1) is 15.8 Å². The molecule has 4 heteroatoms. The maximum Gasteiger partial charge on any atom is 0.346 e. The second kappa shape index (κ2) is 5.01. The summed E-state index contributed by atoms with van der Waals surface area (Å²) in [5, 5.41) is 3.84. The number of aromatic nitrogens is 1. The van der Waals surface area contributed by atoms with Gasteiger partial charge in [0.1, 0.15) is 10.6 Å². The van der Waals surface area contributed by atoms with Crippen LogP contribution in [0.1, 0.15) is 0 Å². The number of thiazole rings is 1. The van der Waals surface area contributed by atoms with Crippen molar-refractivity contribution in [2.75, 3.05) is 0 Å². The predicted octanol–water partition coefficient (Wildman–Crippen LogP) is 5.22. The molecule has 0 aliphatic rings. The molecule has 0 amide bonds. The van der Waals surface area contributed by atoms with Gasteiger partial charge in [-0.2, -0.15) is 0 Å². The van der Waals surface area contributed by atoms with Crippen molar-refractivity contribution in [3.05, 3.63) is 77.2 Å². The monoisotopic (exact) mass is 329 g/mol. The Labute approximate surface area is 140 Å². The standard InChI is InChI=1S/C20H11NO2S/c22-20-15(11-13-6-2-4-8-16(13)23-20)19-21-18-14-7-3-1-5-12(14)9-10-17(18)24-19/h1-11H. The van der Waals surface area contributed by atoms with E-state index in [4.69, 9.17) is 9.40 Å². The predicted molar refractivity (Wildman–Crippen MR) is 98.6 cm³/mol. The molecule has 114 valence electrons. The van der Waals surface area contributed by atoms with Crippen LogP contribution in [0.25, 0.3) is 42.5 Å². The zero-order valence-corrected chi connectivity index (χ0v) is 13.3. The fourth-order valence-electron chi connectivity index (χ4n) is 2.99. The van der Waals surface area contributed by atoms with Crippen molar-refractivity contribution in [2.45, 2.75) is 0 Å². The second-order valence-electron chi connectivity index (χ2n) is 5.64. The van der Waals surface area contributed by atoms with Gasteiger partial charge < -0.3 is 4.42 Å². The van der Waals surface area contributed by atoms with Crippen molar-refractivity contribution in [3.8, 4) is 10.6 Å². The lowest BCUT2D eigenvalue weighted by molar-refractivity contribution is 0.563. The van der Waals surface area contributed by atoms with E-state index in [9.17, 15) is 4.79 Å². The minimum Gasteiger partial charge on any atom is -0.422 e. The van der Waals surface area contributed by atoms with Gasteiger partial charge in [-0.25, -0.2) is 9.78 Å². The van der Waals surface area contributed by atoms with E-state index in [1.807, 2.05) is 36.4 Å². The Morgan fingerprint density at radius 3 is 2.58 bits per heavy atom. The quantitative estimate of drug-likeness (QED) is 0.396. The Hall–Kier alpha value is -2.98. The third kappa shape index (κ3) is 1.97. The maximum absolute atomic E-state index is 12.4. The third-order valence-corrected chi connectivity index (χ3v) is 5.21. The molecule has 0 unspecified atom stereocenters. The molecule has 3 nitrogen and oxygen atoms in total. The van der Waals surface area contributed by atoms with E-state index in [1.165, 1.54) is 11.3 Å². The lowest BCUT2D eigenvalue weighted by Crippen LogP contribution is -2.02. The summed E-state index contributed by atoms with van der Waals surface area (Å²) >= 11 is 1.52. The van der Waals surface area contributed by atoms with Crippen LogP contribution in [0, 0.1) is 0 Å². The first-order valence-corrected chi connectivity index (χ1v) is 8.43. The number of rotatable bonds is 1. The smallest absolute Gasteiger partial charge is 0.346 e. The minimum absolute atomic E-state index is 0.350. The van der Waals surface area contributed by atoms with Gasteiger partial charge in [-0.1, -0.05) is 48.5 Å². The summed E-state index contributed by atoms with van der Waals surface area (Å²) in [6.45, 7) is 0. The van der Waals surface area contributed by atoms with Crippen molar-refractivity contribution >= 4 is 43.3 Å². The Bertz CT molecular complexity index is 1280. The van der Waals surface area contributed by atoms with Crippen molar-refractivity contribution in [3.63, 3.8) is 0 Å². The number of para-hydroxylation sites is 1. The molecule has 0 atom stereocenters. The molecule has 0 fully saturated rings. The van der Waals surface area contributed by atoms with Crippen LogP contribution in [0.4, 0.5) is 0 Å². The van der Waals surface area contributed by atoms with E-state index in [-0.39, 0.29) is 5.63 Å². The van der Waals surface area contributed by atoms with Gasteiger partial charge in [0.2, 0.25) is 0 Å². The number of hydrogen-bond acceptors (Lipinski definition) is 4. The molecular formula is C20H11NO2S. The minimum atomic E-state index is -0.350. The number of benzene rings is 3. The molecule has 0 saturated carbocycles. The van der Waals surface area contributed by atoms with Crippen LogP contribution in [0.2, 0.25) is 0 Å². The Balaban J connectivity index is 1.82. The van der Waals surface area contributed by atoms with Crippen LogP contribution in [0.15, 0.2) is 75.9 Å². The highest BCUT2D eigenvalue weighted by Gasteiger charge is 2.14. The second-order valence-corrected chi connectivity index (χ2v) is 6.67. The van der Waals surface area contributed by atoms with Crippen molar-refractivity contribution in [2.24, 2.45) is 0 Å². The lowest BCUT2D eigenvalue weighted by atomic mass is 10.1. The summed E-state index contributed by atoms with van der Waals surface area (Å²) in [6.07, 6.45) is 0.